The number of nitrogens with zero attached hydrogens (tertiary/aromatic N) is 1. The normalized spacial score (nSPS) is 14.0. The number of ether oxygens (including phenoxy) is 1. The molecule has 0 radical (unpaired) electrons. The van der Waals surface area contributed by atoms with E-state index in [0.29, 0.717) is 6.61 Å². The van der Waals surface area contributed by atoms with Crippen LogP contribution in [0.1, 0.15) is 4.88 Å². The quantitative estimate of drug-likeness (QED) is 0.715. The van der Waals surface area contributed by atoms with Crippen molar-refractivity contribution in [2.75, 3.05) is 6.61 Å². The molecule has 0 amide bonds. The van der Waals surface area contributed by atoms with Crippen molar-refractivity contribution < 1.29 is 4.74 Å². The van der Waals surface area contributed by atoms with Gasteiger partial charge in [0.1, 0.15) is 18.0 Å². The Labute approximate surface area is 91.9 Å². The molecule has 0 atom stereocenters. The molecular weight excluding hydrogens is 206 g/mol. The first-order valence-corrected chi connectivity index (χ1v) is 5.65. The predicted octanol–water partition coefficient (Wildman–Crippen LogP) is 3.26. The van der Waals surface area contributed by atoms with Crippen LogP contribution in [0.4, 0.5) is 5.69 Å². The van der Waals surface area contributed by atoms with Gasteiger partial charge in [-0.1, -0.05) is 18.2 Å². The van der Waals surface area contributed by atoms with Gasteiger partial charge in [-0.2, -0.15) is 0 Å². The summed E-state index contributed by atoms with van der Waals surface area (Å²) in [4.78, 5) is 5.77. The Hall–Kier alpha value is -1.61. The van der Waals surface area contributed by atoms with Crippen molar-refractivity contribution in [1.82, 2.24) is 0 Å². The van der Waals surface area contributed by atoms with Crippen molar-refractivity contribution in [3.8, 4) is 5.75 Å². The molecule has 1 aliphatic heterocycles. The van der Waals surface area contributed by atoms with Gasteiger partial charge in [0.05, 0.1) is 10.6 Å². The minimum atomic E-state index is 0.567. The van der Waals surface area contributed by atoms with E-state index in [9.17, 15) is 0 Å². The van der Waals surface area contributed by atoms with Crippen LogP contribution in [0.25, 0.3) is 0 Å². The van der Waals surface area contributed by atoms with Gasteiger partial charge in [-0.05, 0) is 23.6 Å². The number of para-hydroxylation sites is 2. The average Bonchev–Trinajstić information content (AvgIpc) is 2.82. The summed E-state index contributed by atoms with van der Waals surface area (Å²) in [5, 5.41) is 2.05. The molecule has 0 N–H and O–H groups in total. The molecule has 3 heteroatoms. The lowest BCUT2D eigenvalue weighted by Crippen LogP contribution is -2.14. The fraction of sp³-hybridized carbons (Fsp3) is 0.0833. The molecule has 0 spiro atoms. The van der Waals surface area contributed by atoms with Crippen molar-refractivity contribution >= 4 is 22.7 Å². The largest absolute Gasteiger partial charge is 0.485 e. The van der Waals surface area contributed by atoms with Crippen LogP contribution in [0.15, 0.2) is 46.8 Å². The monoisotopic (exact) mass is 215 g/mol. The summed E-state index contributed by atoms with van der Waals surface area (Å²) in [6, 6.07) is 12.0. The highest BCUT2D eigenvalue weighted by Crippen LogP contribution is 2.31. The highest BCUT2D eigenvalue weighted by atomic mass is 32.1. The van der Waals surface area contributed by atoms with Gasteiger partial charge in [-0.15, -0.1) is 11.3 Å². The Morgan fingerprint density at radius 3 is 2.93 bits per heavy atom. The van der Waals surface area contributed by atoms with E-state index < -0.39 is 0 Å². The third-order valence-corrected chi connectivity index (χ3v) is 3.21. The molecule has 0 unspecified atom stereocenters. The van der Waals surface area contributed by atoms with Gasteiger partial charge in [0, 0.05) is 0 Å². The topological polar surface area (TPSA) is 21.6 Å². The first-order chi connectivity index (χ1) is 7.43. The van der Waals surface area contributed by atoms with Crippen LogP contribution in [0, 0.1) is 0 Å². The molecule has 0 saturated heterocycles. The number of aliphatic imine (C=N–C) groups is 1. The highest BCUT2D eigenvalue weighted by Gasteiger charge is 2.13. The number of thiophene rings is 1. The van der Waals surface area contributed by atoms with Crippen molar-refractivity contribution in [1.29, 1.82) is 0 Å². The molecule has 15 heavy (non-hydrogen) atoms. The molecule has 0 fully saturated rings. The Bertz CT molecular complexity index is 502. The van der Waals surface area contributed by atoms with Crippen molar-refractivity contribution in [2.45, 2.75) is 0 Å². The molecule has 2 nitrogen and oxygen atoms in total. The molecular formula is C12H9NOS. The third-order valence-electron chi connectivity index (χ3n) is 2.29. The van der Waals surface area contributed by atoms with Gasteiger partial charge < -0.3 is 4.74 Å². The second-order valence-electron chi connectivity index (χ2n) is 3.29. The maximum Gasteiger partial charge on any atom is 0.145 e. The number of fused-ring (bicyclic) bond motifs is 1. The summed E-state index contributed by atoms with van der Waals surface area (Å²) in [6.07, 6.45) is 0. The molecule has 74 valence electrons. The first kappa shape index (κ1) is 8.68. The lowest BCUT2D eigenvalue weighted by molar-refractivity contribution is 0.373. The van der Waals surface area contributed by atoms with Gasteiger partial charge in [-0.25, -0.2) is 4.99 Å². The number of hydrogen-bond donors (Lipinski definition) is 0. The maximum atomic E-state index is 5.64. The standard InChI is InChI=1S/C12H9NOS/c1-2-5-11-9(4-1)13-10(8-14-11)12-6-3-7-15-12/h1-7H,8H2. The van der Waals surface area contributed by atoms with Gasteiger partial charge >= 0.3 is 0 Å². The molecule has 0 saturated carbocycles. The lowest BCUT2D eigenvalue weighted by atomic mass is 10.2. The van der Waals surface area contributed by atoms with E-state index in [0.717, 1.165) is 17.1 Å². The summed E-state index contributed by atoms with van der Waals surface area (Å²) in [5.74, 6) is 0.873. The Morgan fingerprint density at radius 2 is 2.07 bits per heavy atom. The number of benzene rings is 1. The summed E-state index contributed by atoms with van der Waals surface area (Å²) in [6.45, 7) is 0.567. The molecule has 2 heterocycles. The van der Waals surface area contributed by atoms with Crippen molar-refractivity contribution in [3.05, 3.63) is 46.7 Å². The van der Waals surface area contributed by atoms with Gasteiger partial charge in [0.2, 0.25) is 0 Å². The lowest BCUT2D eigenvalue weighted by Gasteiger charge is -2.15. The number of rotatable bonds is 1. The molecule has 0 aliphatic carbocycles. The minimum Gasteiger partial charge on any atom is -0.485 e. The molecule has 2 aromatic rings. The third kappa shape index (κ3) is 1.55. The van der Waals surface area contributed by atoms with E-state index in [1.54, 1.807) is 11.3 Å². The minimum absolute atomic E-state index is 0.567. The van der Waals surface area contributed by atoms with E-state index in [-0.39, 0.29) is 0 Å². The van der Waals surface area contributed by atoms with E-state index in [1.165, 1.54) is 4.88 Å². The fourth-order valence-electron chi connectivity index (χ4n) is 1.56. The molecule has 3 rings (SSSR count). The summed E-state index contributed by atoms with van der Waals surface area (Å²) >= 11 is 1.69. The Morgan fingerprint density at radius 1 is 1.13 bits per heavy atom. The van der Waals surface area contributed by atoms with Crippen LogP contribution < -0.4 is 4.74 Å². The summed E-state index contributed by atoms with van der Waals surface area (Å²) in [7, 11) is 0. The smallest absolute Gasteiger partial charge is 0.145 e. The van der Waals surface area contributed by atoms with Crippen molar-refractivity contribution in [3.63, 3.8) is 0 Å². The van der Waals surface area contributed by atoms with Crippen LogP contribution in [-0.4, -0.2) is 12.3 Å². The Kier molecular flexibility index (Phi) is 2.03. The fourth-order valence-corrected chi connectivity index (χ4v) is 2.27. The molecule has 1 aliphatic rings. The van der Waals surface area contributed by atoms with Crippen LogP contribution in [0.5, 0.6) is 5.75 Å². The van der Waals surface area contributed by atoms with Crippen LogP contribution >= 0.6 is 11.3 Å². The second kappa shape index (κ2) is 3.51. The first-order valence-electron chi connectivity index (χ1n) is 4.77. The van der Waals surface area contributed by atoms with E-state index >= 15 is 0 Å². The van der Waals surface area contributed by atoms with Gasteiger partial charge in [0.15, 0.2) is 0 Å². The zero-order chi connectivity index (χ0) is 10.1. The highest BCUT2D eigenvalue weighted by molar-refractivity contribution is 7.12. The van der Waals surface area contributed by atoms with Gasteiger partial charge in [0.25, 0.3) is 0 Å². The zero-order valence-electron chi connectivity index (χ0n) is 8.01. The Balaban J connectivity index is 2.06. The van der Waals surface area contributed by atoms with E-state index in [4.69, 9.17) is 4.74 Å². The average molecular weight is 215 g/mol. The van der Waals surface area contributed by atoms with E-state index in [1.807, 2.05) is 30.3 Å². The summed E-state index contributed by atoms with van der Waals surface area (Å²) in [5.41, 5.74) is 1.94. The van der Waals surface area contributed by atoms with Crippen LogP contribution in [0.3, 0.4) is 0 Å². The summed E-state index contributed by atoms with van der Waals surface area (Å²) < 4.78 is 5.64. The SMILES string of the molecule is c1csc(C2=Nc3ccccc3OC2)c1. The van der Waals surface area contributed by atoms with Crippen LogP contribution in [0.2, 0.25) is 0 Å². The zero-order valence-corrected chi connectivity index (χ0v) is 8.83. The second-order valence-corrected chi connectivity index (χ2v) is 4.24. The number of hydrogen-bond acceptors (Lipinski definition) is 3. The molecule has 0 bridgehead atoms. The maximum absolute atomic E-state index is 5.64. The molecule has 1 aromatic carbocycles. The van der Waals surface area contributed by atoms with Crippen molar-refractivity contribution in [2.24, 2.45) is 4.99 Å². The predicted molar refractivity (Wildman–Crippen MR) is 62.5 cm³/mol. The van der Waals surface area contributed by atoms with E-state index in [2.05, 4.69) is 16.4 Å². The van der Waals surface area contributed by atoms with Crippen LogP contribution in [-0.2, 0) is 0 Å². The van der Waals surface area contributed by atoms with Gasteiger partial charge in [-0.3, -0.25) is 0 Å². The molecule has 1 aromatic heterocycles.